The van der Waals surface area contributed by atoms with E-state index in [1.54, 1.807) is 0 Å². The maximum Gasteiger partial charge on any atom is 0.336 e. The van der Waals surface area contributed by atoms with Gasteiger partial charge in [0.25, 0.3) is 0 Å². The standard InChI is InChI=1S/C9H17NO3/c1-10-6-4-3-5-7(10)8(11)9(12)13-2/h7-8,11H,3-6H2,1-2H3. The van der Waals surface area contributed by atoms with Gasteiger partial charge < -0.3 is 14.7 Å². The monoisotopic (exact) mass is 187 g/mol. The Hall–Kier alpha value is -0.610. The summed E-state index contributed by atoms with van der Waals surface area (Å²) in [6, 6.07) is -0.0683. The summed E-state index contributed by atoms with van der Waals surface area (Å²) >= 11 is 0. The lowest BCUT2D eigenvalue weighted by Gasteiger charge is -2.34. The first kappa shape index (κ1) is 10.5. The number of aliphatic hydroxyl groups is 1. The second-order valence-corrected chi connectivity index (χ2v) is 3.51. The molecule has 0 aliphatic carbocycles. The molecule has 1 rings (SSSR count). The molecule has 0 saturated carbocycles. The van der Waals surface area contributed by atoms with Crippen LogP contribution in [0.4, 0.5) is 0 Å². The molecular formula is C9H17NO3. The normalized spacial score (nSPS) is 26.8. The van der Waals surface area contributed by atoms with Gasteiger partial charge in [-0.1, -0.05) is 6.42 Å². The average molecular weight is 187 g/mol. The van der Waals surface area contributed by atoms with Crippen LogP contribution in [-0.4, -0.2) is 48.8 Å². The summed E-state index contributed by atoms with van der Waals surface area (Å²) in [6.07, 6.45) is 2.09. The van der Waals surface area contributed by atoms with Gasteiger partial charge >= 0.3 is 5.97 Å². The van der Waals surface area contributed by atoms with Gasteiger partial charge in [-0.25, -0.2) is 4.79 Å². The van der Waals surface area contributed by atoms with Crippen molar-refractivity contribution in [2.45, 2.75) is 31.4 Å². The van der Waals surface area contributed by atoms with Crippen molar-refractivity contribution in [1.82, 2.24) is 4.90 Å². The molecule has 4 heteroatoms. The van der Waals surface area contributed by atoms with E-state index in [4.69, 9.17) is 0 Å². The van der Waals surface area contributed by atoms with Crippen molar-refractivity contribution in [3.63, 3.8) is 0 Å². The highest BCUT2D eigenvalue weighted by Gasteiger charge is 2.31. The maximum absolute atomic E-state index is 11.1. The number of likely N-dealkylation sites (tertiary alicyclic amines) is 1. The molecule has 2 atom stereocenters. The van der Waals surface area contributed by atoms with Crippen LogP contribution in [0.3, 0.4) is 0 Å². The summed E-state index contributed by atoms with van der Waals surface area (Å²) < 4.78 is 4.50. The lowest BCUT2D eigenvalue weighted by Crippen LogP contribution is -2.48. The molecule has 0 bridgehead atoms. The van der Waals surface area contributed by atoms with Crippen LogP contribution in [0.25, 0.3) is 0 Å². The fourth-order valence-electron chi connectivity index (χ4n) is 1.78. The highest BCUT2D eigenvalue weighted by atomic mass is 16.5. The summed E-state index contributed by atoms with van der Waals surface area (Å²) in [6.45, 7) is 0.943. The lowest BCUT2D eigenvalue weighted by molar-refractivity contribution is -0.154. The fourth-order valence-corrected chi connectivity index (χ4v) is 1.78. The van der Waals surface area contributed by atoms with Gasteiger partial charge in [-0.15, -0.1) is 0 Å². The molecule has 0 radical (unpaired) electrons. The van der Waals surface area contributed by atoms with Gasteiger partial charge in [-0.3, -0.25) is 0 Å². The first-order chi connectivity index (χ1) is 6.16. The van der Waals surface area contributed by atoms with E-state index in [0.29, 0.717) is 0 Å². The van der Waals surface area contributed by atoms with Crippen LogP contribution < -0.4 is 0 Å². The molecule has 0 amide bonds. The molecule has 13 heavy (non-hydrogen) atoms. The van der Waals surface area contributed by atoms with E-state index in [0.717, 1.165) is 25.8 Å². The minimum atomic E-state index is -0.990. The molecule has 1 heterocycles. The van der Waals surface area contributed by atoms with E-state index in [1.807, 2.05) is 11.9 Å². The number of aliphatic hydroxyl groups excluding tert-OH is 1. The van der Waals surface area contributed by atoms with Crippen molar-refractivity contribution in [2.24, 2.45) is 0 Å². The molecule has 1 aliphatic rings. The van der Waals surface area contributed by atoms with Crippen LogP contribution in [0.15, 0.2) is 0 Å². The first-order valence-electron chi connectivity index (χ1n) is 4.63. The molecule has 4 nitrogen and oxygen atoms in total. The van der Waals surface area contributed by atoms with Gasteiger partial charge in [0.05, 0.1) is 7.11 Å². The molecule has 0 aromatic carbocycles. The van der Waals surface area contributed by atoms with E-state index >= 15 is 0 Å². The van der Waals surface area contributed by atoms with E-state index in [9.17, 15) is 9.90 Å². The Morgan fingerprint density at radius 1 is 1.62 bits per heavy atom. The number of hydrogen-bond donors (Lipinski definition) is 1. The van der Waals surface area contributed by atoms with Crippen LogP contribution in [0.1, 0.15) is 19.3 Å². The number of esters is 1. The third-order valence-electron chi connectivity index (χ3n) is 2.63. The smallest absolute Gasteiger partial charge is 0.336 e. The first-order valence-corrected chi connectivity index (χ1v) is 4.63. The van der Waals surface area contributed by atoms with Crippen LogP contribution in [0.5, 0.6) is 0 Å². The molecule has 1 aliphatic heterocycles. The predicted molar refractivity (Wildman–Crippen MR) is 48.3 cm³/mol. The zero-order valence-corrected chi connectivity index (χ0v) is 8.19. The van der Waals surface area contributed by atoms with Crippen molar-refractivity contribution < 1.29 is 14.6 Å². The summed E-state index contributed by atoms with van der Waals surface area (Å²) in [4.78, 5) is 13.1. The van der Waals surface area contributed by atoms with Gasteiger partial charge in [0, 0.05) is 6.04 Å². The molecule has 0 aromatic heterocycles. The Kier molecular flexibility index (Phi) is 3.69. The van der Waals surface area contributed by atoms with Crippen LogP contribution >= 0.6 is 0 Å². The highest BCUT2D eigenvalue weighted by Crippen LogP contribution is 2.18. The van der Waals surface area contributed by atoms with Gasteiger partial charge in [-0.2, -0.15) is 0 Å². The average Bonchev–Trinajstić information content (AvgIpc) is 2.16. The number of likely N-dealkylation sites (N-methyl/N-ethyl adjacent to an activating group) is 1. The minimum absolute atomic E-state index is 0.0683. The third-order valence-corrected chi connectivity index (χ3v) is 2.63. The van der Waals surface area contributed by atoms with Crippen molar-refractivity contribution in [3.05, 3.63) is 0 Å². The largest absolute Gasteiger partial charge is 0.467 e. The fraction of sp³-hybridized carbons (Fsp3) is 0.889. The molecule has 0 aromatic rings. The second-order valence-electron chi connectivity index (χ2n) is 3.51. The second kappa shape index (κ2) is 4.58. The van der Waals surface area contributed by atoms with Crippen LogP contribution in [0, 0.1) is 0 Å². The zero-order valence-electron chi connectivity index (χ0n) is 8.19. The summed E-state index contributed by atoms with van der Waals surface area (Å²) in [5, 5.41) is 9.60. The molecule has 0 spiro atoms. The minimum Gasteiger partial charge on any atom is -0.467 e. The van der Waals surface area contributed by atoms with Crippen molar-refractivity contribution >= 4 is 5.97 Å². The quantitative estimate of drug-likeness (QED) is 0.618. The molecule has 1 N–H and O–H groups in total. The Balaban J connectivity index is 2.53. The number of carbonyl (C=O) groups is 1. The maximum atomic E-state index is 11.1. The number of piperidine rings is 1. The highest BCUT2D eigenvalue weighted by molar-refractivity contribution is 5.75. The molecule has 76 valence electrons. The third kappa shape index (κ3) is 2.42. The van der Waals surface area contributed by atoms with Crippen molar-refractivity contribution in [2.75, 3.05) is 20.7 Å². The number of methoxy groups -OCH3 is 1. The Labute approximate surface area is 78.5 Å². The Morgan fingerprint density at radius 2 is 2.31 bits per heavy atom. The molecule has 1 saturated heterocycles. The van der Waals surface area contributed by atoms with Crippen LogP contribution in [0.2, 0.25) is 0 Å². The van der Waals surface area contributed by atoms with Gasteiger partial charge in [0.15, 0.2) is 6.10 Å². The van der Waals surface area contributed by atoms with Crippen molar-refractivity contribution in [3.8, 4) is 0 Å². The van der Waals surface area contributed by atoms with Crippen molar-refractivity contribution in [1.29, 1.82) is 0 Å². The summed E-state index contributed by atoms with van der Waals surface area (Å²) in [5.41, 5.74) is 0. The van der Waals surface area contributed by atoms with Gasteiger partial charge in [-0.05, 0) is 26.4 Å². The molecular weight excluding hydrogens is 170 g/mol. The SMILES string of the molecule is COC(=O)C(O)C1CCCCN1C. The lowest BCUT2D eigenvalue weighted by atomic mass is 9.98. The Bertz CT molecular complexity index is 184. The molecule has 1 fully saturated rings. The number of nitrogens with zero attached hydrogens (tertiary/aromatic N) is 1. The van der Waals surface area contributed by atoms with Crippen LogP contribution in [-0.2, 0) is 9.53 Å². The number of rotatable bonds is 2. The van der Waals surface area contributed by atoms with E-state index < -0.39 is 12.1 Å². The van der Waals surface area contributed by atoms with E-state index in [2.05, 4.69) is 4.74 Å². The number of ether oxygens (including phenoxy) is 1. The predicted octanol–water partition coefficient (Wildman–Crippen LogP) is 0.00460. The number of hydrogen-bond acceptors (Lipinski definition) is 4. The summed E-state index contributed by atoms with van der Waals surface area (Å²) in [5.74, 6) is -0.529. The zero-order chi connectivity index (χ0) is 9.84. The van der Waals surface area contributed by atoms with Gasteiger partial charge in [0.1, 0.15) is 0 Å². The van der Waals surface area contributed by atoms with Gasteiger partial charge in [0.2, 0.25) is 0 Å². The number of carbonyl (C=O) groups excluding carboxylic acids is 1. The van der Waals surface area contributed by atoms with E-state index in [1.165, 1.54) is 7.11 Å². The summed E-state index contributed by atoms with van der Waals surface area (Å²) in [7, 11) is 3.23. The topological polar surface area (TPSA) is 49.8 Å². The Morgan fingerprint density at radius 3 is 2.85 bits per heavy atom. The molecule has 2 unspecified atom stereocenters. The van der Waals surface area contributed by atoms with E-state index in [-0.39, 0.29) is 6.04 Å².